The molecule has 6 heteroatoms. The van der Waals surface area contributed by atoms with Crippen LogP contribution in [0.3, 0.4) is 0 Å². The highest BCUT2D eigenvalue weighted by Gasteiger charge is 2.06. The predicted octanol–water partition coefficient (Wildman–Crippen LogP) is 3.24. The SMILES string of the molecule is Cl.Nc1cnn(Cc2c(Cl)cccc2Cl)c1. The lowest BCUT2D eigenvalue weighted by Crippen LogP contribution is -2.01. The summed E-state index contributed by atoms with van der Waals surface area (Å²) in [6.45, 7) is 0.524. The first-order valence-corrected chi connectivity index (χ1v) is 5.13. The van der Waals surface area contributed by atoms with Crippen LogP contribution in [0.25, 0.3) is 0 Å². The molecule has 0 amide bonds. The second-order valence-electron chi connectivity index (χ2n) is 3.17. The number of nitrogens with two attached hydrogens (primary N) is 1. The average molecular weight is 279 g/mol. The Hall–Kier alpha value is -0.900. The van der Waals surface area contributed by atoms with Crippen molar-refractivity contribution < 1.29 is 0 Å². The van der Waals surface area contributed by atoms with Crippen LogP contribution in [-0.2, 0) is 6.54 Å². The van der Waals surface area contributed by atoms with Gasteiger partial charge in [-0.15, -0.1) is 12.4 Å². The van der Waals surface area contributed by atoms with E-state index in [4.69, 9.17) is 28.9 Å². The fraction of sp³-hybridized carbons (Fsp3) is 0.100. The van der Waals surface area contributed by atoms with Gasteiger partial charge in [0.25, 0.3) is 0 Å². The number of hydrogen-bond donors (Lipinski definition) is 1. The summed E-state index contributed by atoms with van der Waals surface area (Å²) in [5.74, 6) is 0. The molecule has 16 heavy (non-hydrogen) atoms. The summed E-state index contributed by atoms with van der Waals surface area (Å²) in [7, 11) is 0. The van der Waals surface area contributed by atoms with Crippen molar-refractivity contribution in [1.29, 1.82) is 0 Å². The third kappa shape index (κ3) is 2.82. The Bertz CT molecular complexity index is 462. The van der Waals surface area contributed by atoms with Gasteiger partial charge in [-0.25, -0.2) is 0 Å². The minimum Gasteiger partial charge on any atom is -0.396 e. The molecule has 1 aromatic heterocycles. The summed E-state index contributed by atoms with van der Waals surface area (Å²) in [4.78, 5) is 0. The summed E-state index contributed by atoms with van der Waals surface area (Å²) in [5.41, 5.74) is 7.03. The predicted molar refractivity (Wildman–Crippen MR) is 69.5 cm³/mol. The Morgan fingerprint density at radius 3 is 2.38 bits per heavy atom. The van der Waals surface area contributed by atoms with Gasteiger partial charge in [-0.2, -0.15) is 5.10 Å². The van der Waals surface area contributed by atoms with E-state index in [1.165, 1.54) is 0 Å². The monoisotopic (exact) mass is 277 g/mol. The molecule has 0 atom stereocenters. The maximum Gasteiger partial charge on any atom is 0.0719 e. The maximum absolute atomic E-state index is 6.03. The third-order valence-corrected chi connectivity index (χ3v) is 2.74. The van der Waals surface area contributed by atoms with Gasteiger partial charge in [-0.1, -0.05) is 29.3 Å². The van der Waals surface area contributed by atoms with Crippen LogP contribution >= 0.6 is 35.6 Å². The van der Waals surface area contributed by atoms with Crippen LogP contribution in [0.2, 0.25) is 10.0 Å². The topological polar surface area (TPSA) is 43.8 Å². The Morgan fingerprint density at radius 2 is 1.88 bits per heavy atom. The molecular formula is C10H10Cl3N3. The normalized spacial score (nSPS) is 9.88. The van der Waals surface area contributed by atoms with E-state index in [2.05, 4.69) is 5.10 Å². The molecule has 2 rings (SSSR count). The van der Waals surface area contributed by atoms with Gasteiger partial charge in [0, 0.05) is 21.8 Å². The first-order chi connectivity index (χ1) is 7.16. The van der Waals surface area contributed by atoms with Crippen LogP contribution in [-0.4, -0.2) is 9.78 Å². The number of benzene rings is 1. The molecule has 0 spiro atoms. The fourth-order valence-electron chi connectivity index (χ4n) is 1.31. The van der Waals surface area contributed by atoms with E-state index >= 15 is 0 Å². The van der Waals surface area contributed by atoms with Crippen LogP contribution in [0.5, 0.6) is 0 Å². The Labute approximate surface area is 110 Å². The maximum atomic E-state index is 6.03. The summed E-state index contributed by atoms with van der Waals surface area (Å²) < 4.78 is 1.70. The molecule has 0 bridgehead atoms. The minimum atomic E-state index is 0. The lowest BCUT2D eigenvalue weighted by molar-refractivity contribution is 0.687. The van der Waals surface area contributed by atoms with E-state index in [1.54, 1.807) is 29.2 Å². The number of hydrogen-bond acceptors (Lipinski definition) is 2. The van der Waals surface area contributed by atoms with Crippen molar-refractivity contribution in [2.45, 2.75) is 6.54 Å². The van der Waals surface area contributed by atoms with Crippen molar-refractivity contribution >= 4 is 41.3 Å². The summed E-state index contributed by atoms with van der Waals surface area (Å²) >= 11 is 12.1. The molecule has 86 valence electrons. The highest BCUT2D eigenvalue weighted by molar-refractivity contribution is 6.35. The van der Waals surface area contributed by atoms with Crippen LogP contribution in [0, 0.1) is 0 Å². The van der Waals surface area contributed by atoms with Crippen LogP contribution in [0.15, 0.2) is 30.6 Å². The molecular weight excluding hydrogens is 268 g/mol. The van der Waals surface area contributed by atoms with Gasteiger partial charge < -0.3 is 5.73 Å². The molecule has 0 saturated carbocycles. The third-order valence-electron chi connectivity index (χ3n) is 2.04. The van der Waals surface area contributed by atoms with Crippen LogP contribution in [0.4, 0.5) is 5.69 Å². The van der Waals surface area contributed by atoms with Gasteiger partial charge >= 0.3 is 0 Å². The first-order valence-electron chi connectivity index (χ1n) is 4.37. The van der Waals surface area contributed by atoms with Gasteiger partial charge in [-0.3, -0.25) is 4.68 Å². The molecule has 1 heterocycles. The smallest absolute Gasteiger partial charge is 0.0719 e. The molecule has 2 N–H and O–H groups in total. The first kappa shape index (κ1) is 13.2. The van der Waals surface area contributed by atoms with Crippen molar-refractivity contribution in [2.24, 2.45) is 0 Å². The summed E-state index contributed by atoms with van der Waals surface area (Å²) in [6.07, 6.45) is 3.32. The molecule has 0 aliphatic heterocycles. The van der Waals surface area contributed by atoms with E-state index in [-0.39, 0.29) is 12.4 Å². The largest absolute Gasteiger partial charge is 0.396 e. The standard InChI is InChI=1S/C10H9Cl2N3.ClH/c11-9-2-1-3-10(12)8(9)6-15-5-7(13)4-14-15;/h1-5H,6,13H2;1H. The Morgan fingerprint density at radius 1 is 1.25 bits per heavy atom. The van der Waals surface area contributed by atoms with Crippen molar-refractivity contribution in [3.63, 3.8) is 0 Å². The molecule has 1 aromatic carbocycles. The minimum absolute atomic E-state index is 0. The second kappa shape index (κ2) is 5.43. The Kier molecular flexibility index (Phi) is 4.47. The lowest BCUT2D eigenvalue weighted by Gasteiger charge is -2.06. The molecule has 0 fully saturated rings. The van der Waals surface area contributed by atoms with Crippen LogP contribution in [0.1, 0.15) is 5.56 Å². The van der Waals surface area contributed by atoms with Crippen molar-refractivity contribution in [3.05, 3.63) is 46.2 Å². The summed E-state index contributed by atoms with van der Waals surface area (Å²) in [5, 5.41) is 5.34. The van der Waals surface area contributed by atoms with Gasteiger partial charge in [0.15, 0.2) is 0 Å². The van der Waals surface area contributed by atoms with E-state index in [9.17, 15) is 0 Å². The van der Waals surface area contributed by atoms with Crippen LogP contribution < -0.4 is 5.73 Å². The number of aromatic nitrogens is 2. The van der Waals surface area contributed by atoms with Gasteiger partial charge in [0.1, 0.15) is 0 Å². The molecule has 0 radical (unpaired) electrons. The average Bonchev–Trinajstić information content (AvgIpc) is 2.58. The fourth-order valence-corrected chi connectivity index (χ4v) is 1.83. The lowest BCUT2D eigenvalue weighted by atomic mass is 10.2. The zero-order valence-corrected chi connectivity index (χ0v) is 10.6. The van der Waals surface area contributed by atoms with E-state index in [1.807, 2.05) is 6.07 Å². The number of nitrogen functional groups attached to an aromatic ring is 1. The van der Waals surface area contributed by atoms with Gasteiger partial charge in [-0.05, 0) is 12.1 Å². The molecule has 0 unspecified atom stereocenters. The number of halogens is 3. The number of anilines is 1. The number of nitrogens with zero attached hydrogens (tertiary/aromatic N) is 2. The van der Waals surface area contributed by atoms with Crippen molar-refractivity contribution in [3.8, 4) is 0 Å². The Balaban J connectivity index is 0.00000128. The quantitative estimate of drug-likeness (QED) is 0.916. The van der Waals surface area contributed by atoms with Gasteiger partial charge in [0.2, 0.25) is 0 Å². The number of rotatable bonds is 2. The second-order valence-corrected chi connectivity index (χ2v) is 3.99. The summed E-state index contributed by atoms with van der Waals surface area (Å²) in [6, 6.07) is 5.41. The zero-order valence-electron chi connectivity index (χ0n) is 8.23. The zero-order chi connectivity index (χ0) is 10.8. The highest BCUT2D eigenvalue weighted by atomic mass is 35.5. The van der Waals surface area contributed by atoms with E-state index in [0.29, 0.717) is 22.3 Å². The van der Waals surface area contributed by atoms with E-state index in [0.717, 1.165) is 5.56 Å². The molecule has 2 aromatic rings. The van der Waals surface area contributed by atoms with Crippen molar-refractivity contribution in [2.75, 3.05) is 5.73 Å². The van der Waals surface area contributed by atoms with E-state index < -0.39 is 0 Å². The molecule has 0 aliphatic carbocycles. The molecule has 0 aliphatic rings. The highest BCUT2D eigenvalue weighted by Crippen LogP contribution is 2.24. The molecule has 0 saturated heterocycles. The molecule has 3 nitrogen and oxygen atoms in total. The van der Waals surface area contributed by atoms with Gasteiger partial charge in [0.05, 0.1) is 18.4 Å². The van der Waals surface area contributed by atoms with Crippen molar-refractivity contribution in [1.82, 2.24) is 9.78 Å².